The molecule has 1 N–H and O–H groups in total. The highest BCUT2D eigenvalue weighted by Gasteiger charge is 2.37. The molecular weight excluding hydrogens is 242 g/mol. The average Bonchev–Trinajstić information content (AvgIpc) is 2.96. The number of hydrogen-bond donors (Lipinski definition) is 1. The van der Waals surface area contributed by atoms with Gasteiger partial charge >= 0.3 is 0 Å². The SMILES string of the molecule is CC(C)C1NCN(CC2CN3CCCC3CO2)C1=O. The number of nitrogens with one attached hydrogen (secondary N) is 1. The summed E-state index contributed by atoms with van der Waals surface area (Å²) in [5.74, 6) is 0.592. The Bertz CT molecular complexity index is 348. The van der Waals surface area contributed by atoms with Gasteiger partial charge in [0.1, 0.15) is 0 Å². The first-order chi connectivity index (χ1) is 9.15. The minimum Gasteiger partial charge on any atom is -0.373 e. The van der Waals surface area contributed by atoms with Crippen LogP contribution < -0.4 is 5.32 Å². The van der Waals surface area contributed by atoms with Gasteiger partial charge in [-0.2, -0.15) is 0 Å². The molecule has 0 radical (unpaired) electrons. The summed E-state index contributed by atoms with van der Waals surface area (Å²) >= 11 is 0. The van der Waals surface area contributed by atoms with Crippen molar-refractivity contribution in [2.24, 2.45) is 5.92 Å². The molecule has 0 aliphatic carbocycles. The smallest absolute Gasteiger partial charge is 0.241 e. The monoisotopic (exact) mass is 267 g/mol. The summed E-state index contributed by atoms with van der Waals surface area (Å²) in [6.07, 6.45) is 2.75. The van der Waals surface area contributed by atoms with Crippen LogP contribution in [0.1, 0.15) is 26.7 Å². The van der Waals surface area contributed by atoms with E-state index in [2.05, 4.69) is 24.1 Å². The molecular formula is C14H25N3O2. The molecule has 1 amide bonds. The van der Waals surface area contributed by atoms with Crippen LogP contribution in [0.5, 0.6) is 0 Å². The van der Waals surface area contributed by atoms with E-state index in [-0.39, 0.29) is 18.1 Å². The summed E-state index contributed by atoms with van der Waals surface area (Å²) in [5.41, 5.74) is 0. The molecule has 3 rings (SSSR count). The molecule has 3 aliphatic heterocycles. The Hall–Kier alpha value is -0.650. The summed E-state index contributed by atoms with van der Waals surface area (Å²) in [4.78, 5) is 16.7. The third-order valence-corrected chi connectivity index (χ3v) is 4.63. The Labute approximate surface area is 115 Å². The maximum absolute atomic E-state index is 12.2. The van der Waals surface area contributed by atoms with Gasteiger partial charge in [-0.25, -0.2) is 0 Å². The molecule has 0 aromatic heterocycles. The standard InChI is InChI=1S/C14H25N3O2/c1-10(2)13-14(18)17(9-15-13)7-12-6-16-5-3-4-11(16)8-19-12/h10-13,15H,3-9H2,1-2H3. The van der Waals surface area contributed by atoms with Crippen molar-refractivity contribution < 1.29 is 9.53 Å². The van der Waals surface area contributed by atoms with Gasteiger partial charge < -0.3 is 9.64 Å². The molecule has 3 atom stereocenters. The molecule has 3 unspecified atom stereocenters. The largest absolute Gasteiger partial charge is 0.373 e. The molecule has 0 bridgehead atoms. The third-order valence-electron chi connectivity index (χ3n) is 4.63. The number of morpholine rings is 1. The molecule has 0 saturated carbocycles. The van der Waals surface area contributed by atoms with Crippen LogP contribution in [0.2, 0.25) is 0 Å². The van der Waals surface area contributed by atoms with Crippen LogP contribution in [0.3, 0.4) is 0 Å². The van der Waals surface area contributed by atoms with Crippen molar-refractivity contribution >= 4 is 5.91 Å². The summed E-state index contributed by atoms with van der Waals surface area (Å²) < 4.78 is 5.93. The number of carbonyl (C=O) groups is 1. The lowest BCUT2D eigenvalue weighted by atomic mass is 10.0. The van der Waals surface area contributed by atoms with E-state index in [4.69, 9.17) is 4.74 Å². The van der Waals surface area contributed by atoms with Gasteiger partial charge in [-0.3, -0.25) is 15.0 Å². The van der Waals surface area contributed by atoms with Crippen LogP contribution in [0.4, 0.5) is 0 Å². The number of fused-ring (bicyclic) bond motifs is 1. The minimum absolute atomic E-state index is 0.0110. The van der Waals surface area contributed by atoms with Gasteiger partial charge in [-0.05, 0) is 25.3 Å². The lowest BCUT2D eigenvalue weighted by molar-refractivity contribution is -0.133. The zero-order valence-corrected chi connectivity index (χ0v) is 12.0. The van der Waals surface area contributed by atoms with Crippen molar-refractivity contribution in [3.63, 3.8) is 0 Å². The number of amides is 1. The second-order valence-corrected chi connectivity index (χ2v) is 6.39. The second kappa shape index (κ2) is 5.38. The molecule has 0 spiro atoms. The van der Waals surface area contributed by atoms with Crippen molar-refractivity contribution in [1.82, 2.24) is 15.1 Å². The van der Waals surface area contributed by atoms with Gasteiger partial charge in [-0.15, -0.1) is 0 Å². The van der Waals surface area contributed by atoms with Crippen LogP contribution in [0.25, 0.3) is 0 Å². The van der Waals surface area contributed by atoms with E-state index in [1.165, 1.54) is 19.4 Å². The summed E-state index contributed by atoms with van der Waals surface area (Å²) in [6, 6.07) is 0.621. The Morgan fingerprint density at radius 3 is 3.05 bits per heavy atom. The molecule has 19 heavy (non-hydrogen) atoms. The molecule has 5 heteroatoms. The fourth-order valence-electron chi connectivity index (χ4n) is 3.49. The van der Waals surface area contributed by atoms with E-state index in [0.29, 0.717) is 18.6 Å². The highest BCUT2D eigenvalue weighted by Crippen LogP contribution is 2.23. The molecule has 3 fully saturated rings. The number of ether oxygens (including phenoxy) is 1. The van der Waals surface area contributed by atoms with Crippen LogP contribution in [0, 0.1) is 5.92 Å². The molecule has 108 valence electrons. The number of nitrogens with zero attached hydrogens (tertiary/aromatic N) is 2. The molecule has 3 aliphatic rings. The fraction of sp³-hybridized carbons (Fsp3) is 0.929. The van der Waals surface area contributed by atoms with Crippen LogP contribution in [-0.4, -0.2) is 66.8 Å². The normalized spacial score (nSPS) is 36.3. The summed E-state index contributed by atoms with van der Waals surface area (Å²) in [5, 5.41) is 3.30. The molecule has 3 saturated heterocycles. The Kier molecular flexibility index (Phi) is 3.78. The van der Waals surface area contributed by atoms with Gasteiger partial charge in [-0.1, -0.05) is 13.8 Å². The minimum atomic E-state index is -0.0110. The zero-order chi connectivity index (χ0) is 13.4. The van der Waals surface area contributed by atoms with E-state index < -0.39 is 0 Å². The van der Waals surface area contributed by atoms with E-state index >= 15 is 0 Å². The quantitative estimate of drug-likeness (QED) is 0.797. The van der Waals surface area contributed by atoms with Crippen LogP contribution in [-0.2, 0) is 9.53 Å². The first-order valence-electron chi connectivity index (χ1n) is 7.53. The van der Waals surface area contributed by atoms with E-state index in [9.17, 15) is 4.79 Å². The van der Waals surface area contributed by atoms with E-state index in [1.807, 2.05) is 4.90 Å². The highest BCUT2D eigenvalue weighted by molar-refractivity contribution is 5.84. The Balaban J connectivity index is 1.53. The summed E-state index contributed by atoms with van der Waals surface area (Å²) in [6.45, 7) is 8.61. The zero-order valence-electron chi connectivity index (χ0n) is 12.0. The third kappa shape index (κ3) is 2.64. The number of rotatable bonds is 3. The lowest BCUT2D eigenvalue weighted by Gasteiger charge is -2.36. The Morgan fingerprint density at radius 2 is 2.32 bits per heavy atom. The van der Waals surface area contributed by atoms with Crippen molar-refractivity contribution in [2.45, 2.75) is 44.9 Å². The van der Waals surface area contributed by atoms with E-state index in [1.54, 1.807) is 0 Å². The second-order valence-electron chi connectivity index (χ2n) is 6.39. The van der Waals surface area contributed by atoms with Crippen molar-refractivity contribution in [3.05, 3.63) is 0 Å². The summed E-state index contributed by atoms with van der Waals surface area (Å²) in [7, 11) is 0. The van der Waals surface area contributed by atoms with Gasteiger partial charge in [0.15, 0.2) is 0 Å². The molecule has 0 aromatic rings. The van der Waals surface area contributed by atoms with E-state index in [0.717, 1.165) is 19.7 Å². The van der Waals surface area contributed by atoms with Crippen molar-refractivity contribution in [3.8, 4) is 0 Å². The van der Waals surface area contributed by atoms with Crippen molar-refractivity contribution in [2.75, 3.05) is 32.9 Å². The predicted molar refractivity (Wildman–Crippen MR) is 72.7 cm³/mol. The maximum atomic E-state index is 12.2. The van der Waals surface area contributed by atoms with Gasteiger partial charge in [0.25, 0.3) is 0 Å². The number of carbonyl (C=O) groups excluding carboxylic acids is 1. The number of hydrogen-bond acceptors (Lipinski definition) is 4. The van der Waals surface area contributed by atoms with Gasteiger partial charge in [0.2, 0.25) is 5.91 Å². The topological polar surface area (TPSA) is 44.8 Å². The first-order valence-corrected chi connectivity index (χ1v) is 7.53. The lowest BCUT2D eigenvalue weighted by Crippen LogP contribution is -2.50. The molecule has 3 heterocycles. The Morgan fingerprint density at radius 1 is 1.47 bits per heavy atom. The van der Waals surface area contributed by atoms with Crippen LogP contribution >= 0.6 is 0 Å². The fourth-order valence-corrected chi connectivity index (χ4v) is 3.49. The van der Waals surface area contributed by atoms with Crippen LogP contribution in [0.15, 0.2) is 0 Å². The van der Waals surface area contributed by atoms with Gasteiger partial charge in [0, 0.05) is 19.1 Å². The predicted octanol–water partition coefficient (Wildman–Crippen LogP) is 0.264. The average molecular weight is 267 g/mol. The van der Waals surface area contributed by atoms with Gasteiger partial charge in [0.05, 0.1) is 25.4 Å². The molecule has 0 aromatic carbocycles. The molecule has 5 nitrogen and oxygen atoms in total. The highest BCUT2D eigenvalue weighted by atomic mass is 16.5. The first kappa shape index (κ1) is 13.3. The maximum Gasteiger partial charge on any atom is 0.241 e. The van der Waals surface area contributed by atoms with Crippen molar-refractivity contribution in [1.29, 1.82) is 0 Å².